The molecule has 5 nitrogen and oxygen atoms in total. The number of nitrogen functional groups attached to an aromatic ring is 1. The number of fused-ring (bicyclic) bond motifs is 3. The monoisotopic (exact) mass is 397 g/mol. The normalized spacial score (nSPS) is 12.4. The summed E-state index contributed by atoms with van der Waals surface area (Å²) < 4.78 is 5.51. The van der Waals surface area contributed by atoms with E-state index in [1.165, 1.54) is 22.3 Å². The standard InChI is InChI=1S/C25H23N3O2/c26-24(27)18-9-5-7-17(15-18)8-6-14-28-25(29)30-16-23-21-12-3-1-10-19(21)20-11-2-4-13-22(20)23/h1-13,15,23H,14,16H2,(H3,26,27)(H,28,29). The maximum Gasteiger partial charge on any atom is 0.407 e. The van der Waals surface area contributed by atoms with Crippen molar-refractivity contribution >= 4 is 18.0 Å². The van der Waals surface area contributed by atoms with Crippen molar-refractivity contribution in [2.24, 2.45) is 5.73 Å². The SMILES string of the molecule is N=C(N)c1cccc(C=CCNC(=O)OCC2c3ccccc3-c3ccccc32)c1. The Morgan fingerprint density at radius 1 is 1.00 bits per heavy atom. The average molecular weight is 397 g/mol. The second-order valence-electron chi connectivity index (χ2n) is 7.15. The fourth-order valence-corrected chi connectivity index (χ4v) is 3.80. The van der Waals surface area contributed by atoms with Gasteiger partial charge in [-0.05, 0) is 33.9 Å². The van der Waals surface area contributed by atoms with Crippen LogP contribution in [0.2, 0.25) is 0 Å². The number of alkyl carbamates (subject to hydrolysis) is 1. The smallest absolute Gasteiger partial charge is 0.407 e. The van der Waals surface area contributed by atoms with Crippen molar-refractivity contribution in [2.45, 2.75) is 5.92 Å². The molecule has 5 heteroatoms. The van der Waals surface area contributed by atoms with Crippen molar-refractivity contribution in [3.8, 4) is 11.1 Å². The summed E-state index contributed by atoms with van der Waals surface area (Å²) in [4.78, 5) is 12.2. The van der Waals surface area contributed by atoms with Gasteiger partial charge in [-0.2, -0.15) is 0 Å². The van der Waals surface area contributed by atoms with E-state index in [2.05, 4.69) is 29.6 Å². The number of amidine groups is 1. The third-order valence-electron chi connectivity index (χ3n) is 5.22. The molecule has 0 saturated heterocycles. The molecule has 4 N–H and O–H groups in total. The summed E-state index contributed by atoms with van der Waals surface area (Å²) in [6.07, 6.45) is 3.26. The number of benzene rings is 3. The van der Waals surface area contributed by atoms with Crippen LogP contribution in [0.15, 0.2) is 78.9 Å². The van der Waals surface area contributed by atoms with Gasteiger partial charge in [0.1, 0.15) is 12.4 Å². The molecule has 0 spiro atoms. The van der Waals surface area contributed by atoms with Crippen molar-refractivity contribution < 1.29 is 9.53 Å². The molecule has 0 saturated carbocycles. The first-order chi connectivity index (χ1) is 14.6. The first kappa shape index (κ1) is 19.5. The highest BCUT2D eigenvalue weighted by Gasteiger charge is 2.28. The lowest BCUT2D eigenvalue weighted by Crippen LogP contribution is -2.26. The molecule has 1 amide bonds. The topological polar surface area (TPSA) is 88.2 Å². The van der Waals surface area contributed by atoms with Gasteiger partial charge in [0.15, 0.2) is 0 Å². The van der Waals surface area contributed by atoms with Crippen LogP contribution in [0.5, 0.6) is 0 Å². The van der Waals surface area contributed by atoms with E-state index in [1.807, 2.05) is 54.6 Å². The lowest BCUT2D eigenvalue weighted by Gasteiger charge is -2.14. The maximum absolute atomic E-state index is 12.2. The molecule has 0 aliphatic heterocycles. The van der Waals surface area contributed by atoms with Crippen LogP contribution in [0.25, 0.3) is 17.2 Å². The summed E-state index contributed by atoms with van der Waals surface area (Å²) in [6, 6.07) is 23.9. The molecule has 0 atom stereocenters. The van der Waals surface area contributed by atoms with Crippen LogP contribution >= 0.6 is 0 Å². The molecule has 3 aromatic carbocycles. The summed E-state index contributed by atoms with van der Waals surface area (Å²) in [6.45, 7) is 0.644. The van der Waals surface area contributed by atoms with Crippen LogP contribution in [0.1, 0.15) is 28.2 Å². The highest BCUT2D eigenvalue weighted by atomic mass is 16.5. The van der Waals surface area contributed by atoms with Crippen molar-refractivity contribution in [1.29, 1.82) is 5.41 Å². The zero-order chi connectivity index (χ0) is 20.9. The van der Waals surface area contributed by atoms with Gasteiger partial charge in [0.25, 0.3) is 0 Å². The van der Waals surface area contributed by atoms with Crippen LogP contribution in [-0.4, -0.2) is 25.1 Å². The van der Waals surface area contributed by atoms with Gasteiger partial charge in [-0.3, -0.25) is 5.41 Å². The predicted octanol–water partition coefficient (Wildman–Crippen LogP) is 4.52. The van der Waals surface area contributed by atoms with Gasteiger partial charge in [-0.1, -0.05) is 78.9 Å². The summed E-state index contributed by atoms with van der Waals surface area (Å²) in [5.74, 6) is 0.0787. The largest absolute Gasteiger partial charge is 0.449 e. The van der Waals surface area contributed by atoms with E-state index in [9.17, 15) is 4.79 Å². The van der Waals surface area contributed by atoms with Gasteiger partial charge in [0.2, 0.25) is 0 Å². The van der Waals surface area contributed by atoms with Crippen molar-refractivity contribution in [3.05, 3.63) is 101 Å². The second-order valence-corrected chi connectivity index (χ2v) is 7.15. The highest BCUT2D eigenvalue weighted by Crippen LogP contribution is 2.44. The Labute approximate surface area is 175 Å². The van der Waals surface area contributed by atoms with E-state index in [4.69, 9.17) is 15.9 Å². The number of nitrogens with one attached hydrogen (secondary N) is 2. The Morgan fingerprint density at radius 3 is 2.33 bits per heavy atom. The predicted molar refractivity (Wildman–Crippen MR) is 120 cm³/mol. The molecule has 30 heavy (non-hydrogen) atoms. The molecule has 1 aliphatic carbocycles. The van der Waals surface area contributed by atoms with E-state index in [0.717, 1.165) is 5.56 Å². The molecular formula is C25H23N3O2. The molecule has 0 unspecified atom stereocenters. The molecule has 1 aliphatic rings. The first-order valence-electron chi connectivity index (χ1n) is 9.83. The number of hydrogen-bond acceptors (Lipinski definition) is 3. The van der Waals surface area contributed by atoms with Crippen molar-refractivity contribution in [3.63, 3.8) is 0 Å². The minimum Gasteiger partial charge on any atom is -0.449 e. The summed E-state index contributed by atoms with van der Waals surface area (Å²) in [5.41, 5.74) is 11.9. The van der Waals surface area contributed by atoms with E-state index in [0.29, 0.717) is 18.7 Å². The lowest BCUT2D eigenvalue weighted by atomic mass is 9.98. The molecule has 4 rings (SSSR count). The van der Waals surface area contributed by atoms with Crippen LogP contribution in [0.3, 0.4) is 0 Å². The Hall–Kier alpha value is -3.86. The maximum atomic E-state index is 12.2. The molecular weight excluding hydrogens is 374 g/mol. The minimum atomic E-state index is -0.445. The van der Waals surface area contributed by atoms with Crippen LogP contribution in [-0.2, 0) is 4.74 Å². The first-order valence-corrected chi connectivity index (χ1v) is 9.83. The van der Waals surface area contributed by atoms with Crippen LogP contribution in [0, 0.1) is 5.41 Å². The highest BCUT2D eigenvalue weighted by molar-refractivity contribution is 5.95. The van der Waals surface area contributed by atoms with E-state index >= 15 is 0 Å². The van der Waals surface area contributed by atoms with Gasteiger partial charge < -0.3 is 15.8 Å². The quantitative estimate of drug-likeness (QED) is 0.422. The number of carbonyl (C=O) groups excluding carboxylic acids is 1. The van der Waals surface area contributed by atoms with Crippen molar-refractivity contribution in [1.82, 2.24) is 5.32 Å². The van der Waals surface area contributed by atoms with E-state index < -0.39 is 6.09 Å². The third kappa shape index (κ3) is 4.10. The summed E-state index contributed by atoms with van der Waals surface area (Å²) in [5, 5.41) is 10.2. The van der Waals surface area contributed by atoms with E-state index in [1.54, 1.807) is 6.07 Å². The minimum absolute atomic E-state index is 0.0296. The number of carbonyl (C=O) groups is 1. The van der Waals surface area contributed by atoms with Crippen molar-refractivity contribution in [2.75, 3.05) is 13.2 Å². The zero-order valence-electron chi connectivity index (χ0n) is 16.5. The zero-order valence-corrected chi connectivity index (χ0v) is 16.5. The van der Waals surface area contributed by atoms with Gasteiger partial charge in [0.05, 0.1) is 0 Å². The molecule has 3 aromatic rings. The second kappa shape index (κ2) is 8.66. The molecule has 0 heterocycles. The number of hydrogen-bond donors (Lipinski definition) is 3. The molecule has 0 radical (unpaired) electrons. The third-order valence-corrected chi connectivity index (χ3v) is 5.22. The molecule has 0 bridgehead atoms. The Morgan fingerprint density at radius 2 is 1.67 bits per heavy atom. The molecule has 150 valence electrons. The van der Waals surface area contributed by atoms with Crippen LogP contribution in [0.4, 0.5) is 4.79 Å². The van der Waals surface area contributed by atoms with E-state index in [-0.39, 0.29) is 11.8 Å². The summed E-state index contributed by atoms with van der Waals surface area (Å²) >= 11 is 0. The van der Waals surface area contributed by atoms with Gasteiger partial charge in [-0.15, -0.1) is 0 Å². The molecule has 0 aromatic heterocycles. The average Bonchev–Trinajstić information content (AvgIpc) is 3.09. The number of amides is 1. The fourth-order valence-electron chi connectivity index (χ4n) is 3.80. The number of rotatable bonds is 6. The van der Waals surface area contributed by atoms with Crippen LogP contribution < -0.4 is 11.1 Å². The molecule has 0 fully saturated rings. The number of ether oxygens (including phenoxy) is 1. The summed E-state index contributed by atoms with van der Waals surface area (Å²) in [7, 11) is 0. The van der Waals surface area contributed by atoms with Gasteiger partial charge >= 0.3 is 6.09 Å². The Kier molecular flexibility index (Phi) is 5.61. The van der Waals surface area contributed by atoms with Gasteiger partial charge in [0, 0.05) is 18.0 Å². The Balaban J connectivity index is 1.32. The number of nitrogens with two attached hydrogens (primary N) is 1. The lowest BCUT2D eigenvalue weighted by molar-refractivity contribution is 0.144. The fraction of sp³-hybridized carbons (Fsp3) is 0.120. The Bertz CT molecular complexity index is 1080. The van der Waals surface area contributed by atoms with Gasteiger partial charge in [-0.25, -0.2) is 4.79 Å².